The molecule has 0 aliphatic carbocycles. The zero-order chi connectivity index (χ0) is 18.4. The van der Waals surface area contributed by atoms with E-state index >= 15 is 0 Å². The molecular weight excluding hydrogens is 321 g/mol. The molecule has 0 aliphatic rings. The van der Waals surface area contributed by atoms with Gasteiger partial charge in [0.15, 0.2) is 0 Å². The summed E-state index contributed by atoms with van der Waals surface area (Å²) in [5.41, 5.74) is 2.38. The number of hydrogen-bond donors (Lipinski definition) is 3. The first-order valence-electron chi connectivity index (χ1n) is 8.28. The third-order valence-electron chi connectivity index (χ3n) is 4.01. The van der Waals surface area contributed by atoms with Crippen molar-refractivity contribution in [1.29, 1.82) is 0 Å². The standard InChI is InChI=1S/C19H24FN3O2/c1-12(2)17(18-13(3)5-4-10-21-18)23-19(25)22-11-16(24)14-6-8-15(20)9-7-14/h4-10,12,16-17,24H,11H2,1-3H3,(H2,22,23,25). The maximum Gasteiger partial charge on any atom is 0.315 e. The van der Waals surface area contributed by atoms with E-state index in [1.165, 1.54) is 24.3 Å². The molecule has 25 heavy (non-hydrogen) atoms. The van der Waals surface area contributed by atoms with Gasteiger partial charge in [0.2, 0.25) is 0 Å². The largest absolute Gasteiger partial charge is 0.387 e. The second-order valence-corrected chi connectivity index (χ2v) is 6.35. The second kappa shape index (κ2) is 8.58. The molecule has 0 aliphatic heterocycles. The first-order chi connectivity index (χ1) is 11.9. The number of halogens is 1. The van der Waals surface area contributed by atoms with Crippen molar-refractivity contribution in [3.63, 3.8) is 0 Å². The summed E-state index contributed by atoms with van der Waals surface area (Å²) >= 11 is 0. The van der Waals surface area contributed by atoms with Crippen LogP contribution in [0.4, 0.5) is 9.18 Å². The lowest BCUT2D eigenvalue weighted by atomic mass is 9.97. The minimum absolute atomic E-state index is 0.0312. The van der Waals surface area contributed by atoms with Crippen molar-refractivity contribution >= 4 is 6.03 Å². The summed E-state index contributed by atoms with van der Waals surface area (Å²) in [4.78, 5) is 16.6. The van der Waals surface area contributed by atoms with Crippen molar-refractivity contribution < 1.29 is 14.3 Å². The highest BCUT2D eigenvalue weighted by Crippen LogP contribution is 2.22. The lowest BCUT2D eigenvalue weighted by Gasteiger charge is -2.24. The number of aliphatic hydroxyl groups excluding tert-OH is 1. The number of carbonyl (C=O) groups excluding carboxylic acids is 1. The number of aryl methyl sites for hydroxylation is 1. The van der Waals surface area contributed by atoms with E-state index in [2.05, 4.69) is 15.6 Å². The number of nitrogens with zero attached hydrogens (tertiary/aromatic N) is 1. The highest BCUT2D eigenvalue weighted by molar-refractivity contribution is 5.74. The number of urea groups is 1. The minimum Gasteiger partial charge on any atom is -0.387 e. The van der Waals surface area contributed by atoms with E-state index < -0.39 is 6.10 Å². The topological polar surface area (TPSA) is 74.2 Å². The second-order valence-electron chi connectivity index (χ2n) is 6.35. The zero-order valence-corrected chi connectivity index (χ0v) is 14.7. The van der Waals surface area contributed by atoms with Crippen molar-refractivity contribution in [2.45, 2.75) is 32.9 Å². The van der Waals surface area contributed by atoms with Crippen LogP contribution in [0.2, 0.25) is 0 Å². The zero-order valence-electron chi connectivity index (χ0n) is 14.7. The minimum atomic E-state index is -0.902. The molecule has 6 heteroatoms. The van der Waals surface area contributed by atoms with E-state index in [4.69, 9.17) is 0 Å². The Balaban J connectivity index is 1.95. The summed E-state index contributed by atoms with van der Waals surface area (Å²) < 4.78 is 12.9. The number of aliphatic hydroxyl groups is 1. The summed E-state index contributed by atoms with van der Waals surface area (Å²) in [6.45, 7) is 6.00. The van der Waals surface area contributed by atoms with Crippen LogP contribution < -0.4 is 10.6 Å². The number of aromatic nitrogens is 1. The van der Waals surface area contributed by atoms with Gasteiger partial charge in [-0.05, 0) is 42.2 Å². The number of pyridine rings is 1. The molecule has 2 amide bonds. The monoisotopic (exact) mass is 345 g/mol. The van der Waals surface area contributed by atoms with Gasteiger partial charge in [-0.15, -0.1) is 0 Å². The van der Waals surface area contributed by atoms with Crippen molar-refractivity contribution in [1.82, 2.24) is 15.6 Å². The molecular formula is C19H24FN3O2. The average molecular weight is 345 g/mol. The fourth-order valence-corrected chi connectivity index (χ4v) is 2.56. The highest BCUT2D eigenvalue weighted by Gasteiger charge is 2.21. The number of nitrogens with one attached hydrogen (secondary N) is 2. The Morgan fingerprint density at radius 3 is 2.52 bits per heavy atom. The summed E-state index contributed by atoms with van der Waals surface area (Å²) in [6, 6.07) is 8.73. The number of rotatable bonds is 6. The molecule has 0 saturated heterocycles. The molecule has 0 fully saturated rings. The molecule has 2 rings (SSSR count). The van der Waals surface area contributed by atoms with Crippen molar-refractivity contribution in [3.8, 4) is 0 Å². The van der Waals surface area contributed by atoms with Crippen LogP contribution in [0.15, 0.2) is 42.6 Å². The highest BCUT2D eigenvalue weighted by atomic mass is 19.1. The predicted octanol–water partition coefficient (Wildman–Crippen LogP) is 3.26. The van der Waals surface area contributed by atoms with Crippen molar-refractivity contribution in [2.24, 2.45) is 5.92 Å². The molecule has 0 radical (unpaired) electrons. The van der Waals surface area contributed by atoms with Gasteiger partial charge in [-0.2, -0.15) is 0 Å². The van der Waals surface area contributed by atoms with E-state index in [9.17, 15) is 14.3 Å². The van der Waals surface area contributed by atoms with E-state index in [0.29, 0.717) is 5.56 Å². The SMILES string of the molecule is Cc1cccnc1C(NC(=O)NCC(O)c1ccc(F)cc1)C(C)C. The fraction of sp³-hybridized carbons (Fsp3) is 0.368. The van der Waals surface area contributed by atoms with Crippen molar-refractivity contribution in [2.75, 3.05) is 6.54 Å². The molecule has 2 unspecified atom stereocenters. The molecule has 1 heterocycles. The predicted molar refractivity (Wildman–Crippen MR) is 94.4 cm³/mol. The summed E-state index contributed by atoms with van der Waals surface area (Å²) in [6.07, 6.45) is 0.802. The van der Waals surface area contributed by atoms with Gasteiger partial charge in [-0.25, -0.2) is 9.18 Å². The normalized spacial score (nSPS) is 13.4. The summed E-state index contributed by atoms with van der Waals surface area (Å²) in [7, 11) is 0. The molecule has 1 aromatic carbocycles. The van der Waals surface area contributed by atoms with Crippen LogP contribution in [-0.2, 0) is 0 Å². The van der Waals surface area contributed by atoms with Gasteiger partial charge in [0.1, 0.15) is 5.82 Å². The van der Waals surface area contributed by atoms with Gasteiger partial charge in [-0.3, -0.25) is 4.98 Å². The van der Waals surface area contributed by atoms with Crippen LogP contribution in [0, 0.1) is 18.7 Å². The van der Waals surface area contributed by atoms with Crippen LogP contribution in [0.25, 0.3) is 0 Å². The molecule has 2 atom stereocenters. The Kier molecular flexibility index (Phi) is 6.47. The van der Waals surface area contributed by atoms with Gasteiger partial charge < -0.3 is 15.7 Å². The smallest absolute Gasteiger partial charge is 0.315 e. The molecule has 5 nitrogen and oxygen atoms in total. The Labute approximate surface area is 147 Å². The van der Waals surface area contributed by atoms with E-state index in [-0.39, 0.29) is 30.4 Å². The molecule has 134 valence electrons. The fourth-order valence-electron chi connectivity index (χ4n) is 2.56. The van der Waals surface area contributed by atoms with Crippen LogP contribution in [0.3, 0.4) is 0 Å². The third-order valence-corrected chi connectivity index (χ3v) is 4.01. The van der Waals surface area contributed by atoms with Gasteiger partial charge in [0.05, 0.1) is 17.8 Å². The quantitative estimate of drug-likeness (QED) is 0.752. The third kappa shape index (κ3) is 5.26. The summed E-state index contributed by atoms with van der Waals surface area (Å²) in [5.74, 6) is -0.214. The molecule has 0 saturated carbocycles. The molecule has 0 spiro atoms. The first-order valence-corrected chi connectivity index (χ1v) is 8.28. The Morgan fingerprint density at radius 1 is 1.24 bits per heavy atom. The van der Waals surface area contributed by atoms with Gasteiger partial charge in [0, 0.05) is 12.7 Å². The number of carbonyl (C=O) groups is 1. The average Bonchev–Trinajstić information content (AvgIpc) is 2.58. The molecule has 2 aromatic rings. The lowest BCUT2D eigenvalue weighted by molar-refractivity contribution is 0.171. The Bertz CT molecular complexity index is 704. The maximum atomic E-state index is 12.9. The number of amides is 2. The Hall–Kier alpha value is -2.47. The van der Waals surface area contributed by atoms with Crippen LogP contribution in [0.1, 0.15) is 42.8 Å². The molecule has 0 bridgehead atoms. The first kappa shape index (κ1) is 18.9. The van der Waals surface area contributed by atoms with Crippen LogP contribution in [-0.4, -0.2) is 22.7 Å². The lowest BCUT2D eigenvalue weighted by Crippen LogP contribution is -2.41. The van der Waals surface area contributed by atoms with Crippen molar-refractivity contribution in [3.05, 3.63) is 65.2 Å². The summed E-state index contributed by atoms with van der Waals surface area (Å²) in [5, 5.41) is 15.6. The van der Waals surface area contributed by atoms with E-state index in [1.54, 1.807) is 6.20 Å². The van der Waals surface area contributed by atoms with Crippen LogP contribution in [0.5, 0.6) is 0 Å². The molecule has 1 aromatic heterocycles. The maximum absolute atomic E-state index is 12.9. The van der Waals surface area contributed by atoms with Crippen LogP contribution >= 0.6 is 0 Å². The van der Waals surface area contributed by atoms with Gasteiger partial charge in [-0.1, -0.05) is 32.0 Å². The number of benzene rings is 1. The van der Waals surface area contributed by atoms with Gasteiger partial charge >= 0.3 is 6.03 Å². The van der Waals surface area contributed by atoms with E-state index in [1.807, 2.05) is 32.9 Å². The molecule has 3 N–H and O–H groups in total. The van der Waals surface area contributed by atoms with Gasteiger partial charge in [0.25, 0.3) is 0 Å². The Morgan fingerprint density at radius 2 is 1.92 bits per heavy atom. The number of hydrogen-bond acceptors (Lipinski definition) is 3. The van der Waals surface area contributed by atoms with E-state index in [0.717, 1.165) is 11.3 Å².